The third kappa shape index (κ3) is 7.53. The Balaban J connectivity index is 0.00000264. The molecule has 2 aliphatic rings. The molecule has 1 aliphatic heterocycles. The maximum atomic E-state index is 12.4. The summed E-state index contributed by atoms with van der Waals surface area (Å²) in [5, 5.41) is 8.65. The van der Waals surface area contributed by atoms with Crippen molar-refractivity contribution in [2.24, 2.45) is 5.92 Å². The van der Waals surface area contributed by atoms with E-state index < -0.39 is 5.97 Å². The Morgan fingerprint density at radius 2 is 1.70 bits per heavy atom. The molecule has 0 aromatic heterocycles. The number of nitrogens with zero attached hydrogens (tertiary/aromatic N) is 2. The highest BCUT2D eigenvalue weighted by Gasteiger charge is 2.23. The lowest BCUT2D eigenvalue weighted by molar-refractivity contribution is -0.137. The third-order valence-corrected chi connectivity index (χ3v) is 4.99. The lowest BCUT2D eigenvalue weighted by Gasteiger charge is -2.23. The molecular weight excluding hydrogens is 316 g/mol. The molecule has 5 nitrogen and oxygen atoms in total. The summed E-state index contributed by atoms with van der Waals surface area (Å²) < 4.78 is 0. The molecule has 23 heavy (non-hydrogen) atoms. The van der Waals surface area contributed by atoms with Gasteiger partial charge in [-0.3, -0.25) is 9.59 Å². The Morgan fingerprint density at radius 3 is 2.39 bits per heavy atom. The van der Waals surface area contributed by atoms with E-state index >= 15 is 0 Å². The van der Waals surface area contributed by atoms with Gasteiger partial charge in [-0.25, -0.2) is 0 Å². The van der Waals surface area contributed by atoms with Crippen molar-refractivity contribution >= 4 is 24.3 Å². The summed E-state index contributed by atoms with van der Waals surface area (Å²) in [5.74, 6) is 0.266. The van der Waals surface area contributed by atoms with Gasteiger partial charge in [-0.1, -0.05) is 12.8 Å². The second-order valence-corrected chi connectivity index (χ2v) is 6.78. The van der Waals surface area contributed by atoms with E-state index in [1.165, 1.54) is 25.7 Å². The molecule has 0 unspecified atom stereocenters. The Morgan fingerprint density at radius 1 is 0.957 bits per heavy atom. The normalized spacial score (nSPS) is 20.1. The van der Waals surface area contributed by atoms with E-state index in [4.69, 9.17) is 5.11 Å². The zero-order chi connectivity index (χ0) is 15.8. The van der Waals surface area contributed by atoms with Gasteiger partial charge in [-0.2, -0.15) is 0 Å². The first-order chi connectivity index (χ1) is 10.6. The van der Waals surface area contributed by atoms with E-state index in [1.54, 1.807) is 0 Å². The van der Waals surface area contributed by atoms with Crippen molar-refractivity contribution in [3.63, 3.8) is 0 Å². The molecule has 1 saturated heterocycles. The van der Waals surface area contributed by atoms with Gasteiger partial charge in [0.15, 0.2) is 0 Å². The summed E-state index contributed by atoms with van der Waals surface area (Å²) >= 11 is 0. The van der Waals surface area contributed by atoms with E-state index in [1.807, 2.05) is 0 Å². The van der Waals surface area contributed by atoms with Crippen molar-refractivity contribution in [3.05, 3.63) is 0 Å². The molecular formula is C17H31ClN2O3. The lowest BCUT2D eigenvalue weighted by atomic mass is 10.0. The van der Waals surface area contributed by atoms with Crippen LogP contribution in [0.3, 0.4) is 0 Å². The van der Waals surface area contributed by atoms with Crippen molar-refractivity contribution < 1.29 is 14.7 Å². The molecule has 6 heteroatoms. The molecule has 0 aromatic rings. The highest BCUT2D eigenvalue weighted by atomic mass is 35.5. The molecule has 1 heterocycles. The van der Waals surface area contributed by atoms with Crippen molar-refractivity contribution in [3.8, 4) is 0 Å². The van der Waals surface area contributed by atoms with Gasteiger partial charge in [0.05, 0.1) is 0 Å². The van der Waals surface area contributed by atoms with Gasteiger partial charge in [-0.05, 0) is 51.1 Å². The summed E-state index contributed by atoms with van der Waals surface area (Å²) in [7, 11) is 0. The Labute approximate surface area is 145 Å². The predicted octanol–water partition coefficient (Wildman–Crippen LogP) is 2.78. The predicted molar refractivity (Wildman–Crippen MR) is 92.9 cm³/mol. The van der Waals surface area contributed by atoms with Crippen LogP contribution >= 0.6 is 12.4 Å². The fraction of sp³-hybridized carbons (Fsp3) is 0.882. The minimum absolute atomic E-state index is 0. The van der Waals surface area contributed by atoms with Crippen LogP contribution in [0, 0.1) is 5.92 Å². The lowest BCUT2D eigenvalue weighted by Crippen LogP contribution is -2.36. The van der Waals surface area contributed by atoms with Crippen LogP contribution in [-0.2, 0) is 9.59 Å². The van der Waals surface area contributed by atoms with Crippen LogP contribution in [0.25, 0.3) is 0 Å². The average molecular weight is 347 g/mol. The van der Waals surface area contributed by atoms with Gasteiger partial charge >= 0.3 is 5.97 Å². The maximum absolute atomic E-state index is 12.4. The fourth-order valence-corrected chi connectivity index (χ4v) is 3.65. The number of hydrogen-bond donors (Lipinski definition) is 1. The summed E-state index contributed by atoms with van der Waals surface area (Å²) in [6, 6.07) is 0. The van der Waals surface area contributed by atoms with Gasteiger partial charge in [0.25, 0.3) is 0 Å². The van der Waals surface area contributed by atoms with Crippen LogP contribution in [-0.4, -0.2) is 59.5 Å². The molecule has 1 amide bonds. The molecule has 1 saturated carbocycles. The van der Waals surface area contributed by atoms with Gasteiger partial charge in [-0.15, -0.1) is 12.4 Å². The summed E-state index contributed by atoms with van der Waals surface area (Å²) in [6.45, 7) is 4.64. The minimum atomic E-state index is -0.709. The highest BCUT2D eigenvalue weighted by molar-refractivity contribution is 5.85. The fourth-order valence-electron chi connectivity index (χ4n) is 3.65. The first kappa shape index (κ1) is 20.2. The molecule has 0 spiro atoms. The number of carbonyl (C=O) groups excluding carboxylic acids is 1. The zero-order valence-corrected chi connectivity index (χ0v) is 14.9. The zero-order valence-electron chi connectivity index (χ0n) is 14.0. The first-order valence-corrected chi connectivity index (χ1v) is 8.87. The number of halogens is 1. The quantitative estimate of drug-likeness (QED) is 0.720. The third-order valence-electron chi connectivity index (χ3n) is 4.99. The second kappa shape index (κ2) is 10.9. The van der Waals surface area contributed by atoms with Crippen molar-refractivity contribution in [2.45, 2.75) is 57.8 Å². The van der Waals surface area contributed by atoms with E-state index in [0.717, 1.165) is 58.4 Å². The SMILES string of the molecule is Cl.O=C(O)CCCCN1CCCN(C(=O)CC2CCCC2)CC1. The van der Waals surface area contributed by atoms with Gasteiger partial charge in [0.2, 0.25) is 5.91 Å². The molecule has 2 fully saturated rings. The number of unbranched alkanes of at least 4 members (excludes halogenated alkanes) is 1. The van der Waals surface area contributed by atoms with Crippen LogP contribution in [0.1, 0.15) is 57.8 Å². The van der Waals surface area contributed by atoms with Crippen molar-refractivity contribution in [1.82, 2.24) is 9.80 Å². The monoisotopic (exact) mass is 346 g/mol. The van der Waals surface area contributed by atoms with Crippen molar-refractivity contribution in [1.29, 1.82) is 0 Å². The van der Waals surface area contributed by atoms with Crippen LogP contribution in [0.15, 0.2) is 0 Å². The molecule has 0 radical (unpaired) electrons. The van der Waals surface area contributed by atoms with Crippen molar-refractivity contribution in [2.75, 3.05) is 32.7 Å². The Bertz CT molecular complexity index is 373. The molecule has 0 bridgehead atoms. The maximum Gasteiger partial charge on any atom is 0.303 e. The van der Waals surface area contributed by atoms with Crippen LogP contribution in [0.4, 0.5) is 0 Å². The van der Waals surface area contributed by atoms with Gasteiger partial charge in [0.1, 0.15) is 0 Å². The number of aliphatic carboxylic acids is 1. The first-order valence-electron chi connectivity index (χ1n) is 8.87. The molecule has 0 atom stereocenters. The Kier molecular flexibility index (Phi) is 9.56. The molecule has 1 aliphatic carbocycles. The topological polar surface area (TPSA) is 60.9 Å². The number of amides is 1. The summed E-state index contributed by atoms with van der Waals surface area (Å²) in [4.78, 5) is 27.3. The summed E-state index contributed by atoms with van der Waals surface area (Å²) in [6.07, 6.45) is 8.78. The van der Waals surface area contributed by atoms with E-state index in [2.05, 4.69) is 9.80 Å². The van der Waals surface area contributed by atoms with Gasteiger partial charge in [0, 0.05) is 32.5 Å². The van der Waals surface area contributed by atoms with E-state index in [9.17, 15) is 9.59 Å². The minimum Gasteiger partial charge on any atom is -0.481 e. The second-order valence-electron chi connectivity index (χ2n) is 6.78. The smallest absolute Gasteiger partial charge is 0.303 e. The van der Waals surface area contributed by atoms with Crippen LogP contribution < -0.4 is 0 Å². The number of carboxylic acid groups (broad SMARTS) is 1. The summed E-state index contributed by atoms with van der Waals surface area (Å²) in [5.41, 5.74) is 0. The van der Waals surface area contributed by atoms with E-state index in [-0.39, 0.29) is 18.8 Å². The van der Waals surface area contributed by atoms with Crippen LogP contribution in [0.5, 0.6) is 0 Å². The van der Waals surface area contributed by atoms with Crippen LogP contribution in [0.2, 0.25) is 0 Å². The largest absolute Gasteiger partial charge is 0.481 e. The number of carbonyl (C=O) groups is 2. The van der Waals surface area contributed by atoms with E-state index in [0.29, 0.717) is 11.8 Å². The standard InChI is InChI=1S/C17H30N2O3.ClH/c20-16(14-15-6-1-2-7-15)19-11-5-10-18(12-13-19)9-4-3-8-17(21)22;/h15H,1-14H2,(H,21,22);1H. The molecule has 0 aromatic carbocycles. The Hall–Kier alpha value is -0.810. The average Bonchev–Trinajstić information content (AvgIpc) is 2.87. The molecule has 1 N–H and O–H groups in total. The molecule has 2 rings (SSSR count). The number of carboxylic acids is 1. The highest BCUT2D eigenvalue weighted by Crippen LogP contribution is 2.28. The van der Waals surface area contributed by atoms with Gasteiger partial charge < -0.3 is 14.9 Å². The number of hydrogen-bond acceptors (Lipinski definition) is 3. The molecule has 134 valence electrons. The number of rotatable bonds is 7.